The molecular weight excluding hydrogens is 569 g/mol. The van der Waals surface area contributed by atoms with Crippen molar-refractivity contribution in [3.8, 4) is 11.3 Å². The second-order valence-electron chi connectivity index (χ2n) is 8.69. The molecule has 0 radical (unpaired) electrons. The third-order valence-corrected chi connectivity index (χ3v) is 7.28. The normalized spacial score (nSPS) is 12.0. The predicted molar refractivity (Wildman–Crippen MR) is 140 cm³/mol. The molecule has 0 aliphatic rings. The highest BCUT2D eigenvalue weighted by Gasteiger charge is 2.30. The van der Waals surface area contributed by atoms with Crippen LogP contribution in [0.15, 0.2) is 96.0 Å². The number of sulfonamides is 1. The summed E-state index contributed by atoms with van der Waals surface area (Å²) in [6.45, 7) is 0. The maximum atomic E-state index is 13.9. The van der Waals surface area contributed by atoms with Crippen LogP contribution in [0.25, 0.3) is 16.9 Å². The topological polar surface area (TPSA) is 105 Å². The molecule has 8 nitrogen and oxygen atoms in total. The van der Waals surface area contributed by atoms with Gasteiger partial charge in [-0.05, 0) is 48.5 Å². The minimum atomic E-state index is -4.59. The van der Waals surface area contributed by atoms with E-state index in [9.17, 15) is 35.2 Å². The second kappa shape index (κ2) is 10.6. The number of rotatable bonds is 7. The predicted octanol–water partition coefficient (Wildman–Crippen LogP) is 6.41. The Labute approximate surface area is 229 Å². The van der Waals surface area contributed by atoms with Crippen LogP contribution in [-0.2, 0) is 16.2 Å². The Morgan fingerprint density at radius 3 is 2.22 bits per heavy atom. The van der Waals surface area contributed by atoms with Crippen molar-refractivity contribution in [3.05, 3.63) is 108 Å². The van der Waals surface area contributed by atoms with E-state index < -0.39 is 39.8 Å². The monoisotopic (exact) mass is 587 g/mol. The van der Waals surface area contributed by atoms with Gasteiger partial charge in [0.05, 0.1) is 22.3 Å². The van der Waals surface area contributed by atoms with Crippen molar-refractivity contribution in [2.75, 3.05) is 10.0 Å². The van der Waals surface area contributed by atoms with E-state index in [0.29, 0.717) is 5.69 Å². The average Bonchev–Trinajstić information content (AvgIpc) is 3.37. The molecule has 0 spiro atoms. The van der Waals surface area contributed by atoms with Crippen LogP contribution < -0.4 is 10.0 Å². The first-order chi connectivity index (χ1) is 19.4. The highest BCUT2D eigenvalue weighted by Crippen LogP contribution is 2.32. The smallest absolute Gasteiger partial charge is 0.322 e. The molecule has 5 rings (SSSR count). The Hall–Kier alpha value is -4.85. The standard InChI is InChI=1S/C27H18F5N5O3S/c28-24(29)23-14-22(16-9-11-17(12-10-16)27(30,31)32)35-25-21(15-33-37(23)25)26(38)34-19-7-4-8-20(13-19)41(39,40)36-18-5-2-1-3-6-18/h1-15,24,36H,(H,34,38). The van der Waals surface area contributed by atoms with Crippen molar-refractivity contribution in [3.63, 3.8) is 0 Å². The van der Waals surface area contributed by atoms with Gasteiger partial charge in [0.15, 0.2) is 5.65 Å². The number of hydrogen-bond donors (Lipinski definition) is 2. The number of amides is 1. The molecular formula is C27H18F5N5O3S. The molecule has 0 saturated heterocycles. The summed E-state index contributed by atoms with van der Waals surface area (Å²) in [5, 5.41) is 6.35. The summed E-state index contributed by atoms with van der Waals surface area (Å²) in [6, 6.07) is 18.3. The molecule has 0 fully saturated rings. The molecule has 3 aromatic carbocycles. The SMILES string of the molecule is O=C(Nc1cccc(S(=O)(=O)Nc2ccccc2)c1)c1cnn2c(C(F)F)cc(-c3ccc(C(F)(F)F)cc3)nc12. The highest BCUT2D eigenvalue weighted by atomic mass is 32.2. The van der Waals surface area contributed by atoms with E-state index in [4.69, 9.17) is 0 Å². The molecule has 210 valence electrons. The lowest BCUT2D eigenvalue weighted by Gasteiger charge is -2.11. The van der Waals surface area contributed by atoms with Gasteiger partial charge in [-0.25, -0.2) is 26.7 Å². The molecule has 0 saturated carbocycles. The molecule has 0 aliphatic carbocycles. The first-order valence-corrected chi connectivity index (χ1v) is 13.2. The van der Waals surface area contributed by atoms with Crippen molar-refractivity contribution in [2.45, 2.75) is 17.5 Å². The molecule has 2 N–H and O–H groups in total. The van der Waals surface area contributed by atoms with E-state index in [1.54, 1.807) is 30.3 Å². The van der Waals surface area contributed by atoms with Crippen molar-refractivity contribution in [1.29, 1.82) is 0 Å². The van der Waals surface area contributed by atoms with Crippen LogP contribution in [0.5, 0.6) is 0 Å². The Morgan fingerprint density at radius 2 is 1.56 bits per heavy atom. The van der Waals surface area contributed by atoms with Gasteiger partial charge < -0.3 is 5.32 Å². The number of hydrogen-bond acceptors (Lipinski definition) is 5. The number of para-hydroxylation sites is 1. The van der Waals surface area contributed by atoms with Gasteiger partial charge in [-0.2, -0.15) is 18.3 Å². The molecule has 1 amide bonds. The fourth-order valence-corrected chi connectivity index (χ4v) is 5.04. The number of fused-ring (bicyclic) bond motifs is 1. The van der Waals surface area contributed by atoms with Gasteiger partial charge in [0.25, 0.3) is 22.4 Å². The van der Waals surface area contributed by atoms with E-state index in [2.05, 4.69) is 20.1 Å². The van der Waals surface area contributed by atoms with Crippen LogP contribution in [0.4, 0.5) is 33.3 Å². The average molecular weight is 588 g/mol. The van der Waals surface area contributed by atoms with E-state index >= 15 is 0 Å². The summed E-state index contributed by atoms with van der Waals surface area (Å²) >= 11 is 0. The molecule has 0 aliphatic heterocycles. The third kappa shape index (κ3) is 5.87. The molecule has 41 heavy (non-hydrogen) atoms. The quantitative estimate of drug-likeness (QED) is 0.214. The molecule has 0 bridgehead atoms. The Bertz CT molecular complexity index is 1840. The number of benzene rings is 3. The van der Waals surface area contributed by atoms with E-state index in [1.165, 1.54) is 24.3 Å². The highest BCUT2D eigenvalue weighted by molar-refractivity contribution is 7.92. The molecule has 0 atom stereocenters. The Kier molecular flexibility index (Phi) is 7.17. The maximum Gasteiger partial charge on any atom is 0.416 e. The maximum absolute atomic E-state index is 13.9. The number of nitrogens with zero attached hydrogens (tertiary/aromatic N) is 3. The lowest BCUT2D eigenvalue weighted by molar-refractivity contribution is -0.137. The number of aromatic nitrogens is 3. The van der Waals surface area contributed by atoms with E-state index in [1.807, 2.05) is 0 Å². The van der Waals surface area contributed by atoms with Crippen molar-refractivity contribution in [1.82, 2.24) is 14.6 Å². The van der Waals surface area contributed by atoms with Crippen LogP contribution in [0.2, 0.25) is 0 Å². The van der Waals surface area contributed by atoms with Gasteiger partial charge in [0, 0.05) is 16.9 Å². The van der Waals surface area contributed by atoms with Crippen LogP contribution >= 0.6 is 0 Å². The fraction of sp³-hybridized carbons (Fsp3) is 0.0741. The first-order valence-electron chi connectivity index (χ1n) is 11.8. The lowest BCUT2D eigenvalue weighted by Crippen LogP contribution is -2.15. The van der Waals surface area contributed by atoms with Crippen LogP contribution in [0.1, 0.15) is 28.0 Å². The zero-order valence-corrected chi connectivity index (χ0v) is 21.4. The minimum absolute atomic E-state index is 0.0817. The molecule has 0 unspecified atom stereocenters. The molecule has 14 heteroatoms. The van der Waals surface area contributed by atoms with Crippen molar-refractivity contribution < 1.29 is 35.2 Å². The third-order valence-electron chi connectivity index (χ3n) is 5.90. The number of halogens is 5. The van der Waals surface area contributed by atoms with E-state index in [0.717, 1.165) is 41.0 Å². The van der Waals surface area contributed by atoms with Crippen molar-refractivity contribution in [2.24, 2.45) is 0 Å². The molecule has 2 heterocycles. The molecule has 5 aromatic rings. The first kappa shape index (κ1) is 27.7. The number of carbonyl (C=O) groups excluding carboxylic acids is 1. The van der Waals surface area contributed by atoms with Crippen LogP contribution in [-0.4, -0.2) is 28.9 Å². The summed E-state index contributed by atoms with van der Waals surface area (Å²) in [4.78, 5) is 17.2. The summed E-state index contributed by atoms with van der Waals surface area (Å²) in [5.41, 5.74) is -1.64. The zero-order chi connectivity index (χ0) is 29.4. The van der Waals surface area contributed by atoms with Gasteiger partial charge in [-0.3, -0.25) is 9.52 Å². The lowest BCUT2D eigenvalue weighted by atomic mass is 10.1. The number of nitrogens with one attached hydrogen (secondary N) is 2. The minimum Gasteiger partial charge on any atom is -0.322 e. The summed E-state index contributed by atoms with van der Waals surface area (Å²) in [7, 11) is -4.01. The Balaban J connectivity index is 1.47. The fourth-order valence-electron chi connectivity index (χ4n) is 3.94. The zero-order valence-electron chi connectivity index (χ0n) is 20.6. The number of carbonyl (C=O) groups is 1. The van der Waals surface area contributed by atoms with Crippen LogP contribution in [0, 0.1) is 0 Å². The van der Waals surface area contributed by atoms with Gasteiger partial charge in [0.1, 0.15) is 11.3 Å². The number of anilines is 2. The van der Waals surface area contributed by atoms with Gasteiger partial charge in [-0.15, -0.1) is 0 Å². The largest absolute Gasteiger partial charge is 0.416 e. The molecule has 2 aromatic heterocycles. The Morgan fingerprint density at radius 1 is 0.878 bits per heavy atom. The van der Waals surface area contributed by atoms with Crippen molar-refractivity contribution >= 4 is 33.0 Å². The van der Waals surface area contributed by atoms with Gasteiger partial charge in [0.2, 0.25) is 0 Å². The van der Waals surface area contributed by atoms with Crippen LogP contribution in [0.3, 0.4) is 0 Å². The summed E-state index contributed by atoms with van der Waals surface area (Å²) in [6.07, 6.45) is -6.63. The summed E-state index contributed by atoms with van der Waals surface area (Å²) in [5.74, 6) is -0.831. The van der Waals surface area contributed by atoms with Gasteiger partial charge in [-0.1, -0.05) is 36.4 Å². The second-order valence-corrected chi connectivity index (χ2v) is 10.4. The summed E-state index contributed by atoms with van der Waals surface area (Å²) < 4.78 is 95.4. The number of alkyl halides is 5. The van der Waals surface area contributed by atoms with E-state index in [-0.39, 0.29) is 33.1 Å². The van der Waals surface area contributed by atoms with Gasteiger partial charge >= 0.3 is 6.18 Å².